The summed E-state index contributed by atoms with van der Waals surface area (Å²) in [7, 11) is 1.66. The summed E-state index contributed by atoms with van der Waals surface area (Å²) in [6.07, 6.45) is 1.33. The molecule has 0 unspecified atom stereocenters. The Hall–Kier alpha value is -2.68. The second kappa shape index (κ2) is 4.91. The summed E-state index contributed by atoms with van der Waals surface area (Å²) in [5, 5.41) is 0.301. The highest BCUT2D eigenvalue weighted by atomic mass is 35.5. The Morgan fingerprint density at radius 1 is 1.17 bits per heavy atom. The van der Waals surface area contributed by atoms with Gasteiger partial charge in [0, 0.05) is 19.4 Å². The quantitative estimate of drug-likeness (QED) is 0.527. The van der Waals surface area contributed by atoms with Crippen molar-refractivity contribution in [2.45, 2.75) is 6.18 Å². The van der Waals surface area contributed by atoms with E-state index in [1.165, 1.54) is 6.20 Å². The number of aromatic nitrogens is 6. The Bertz CT molecular complexity index is 1080. The molecule has 0 aromatic carbocycles. The molecular weight excluding hydrogens is 345 g/mol. The molecule has 0 atom stereocenters. The van der Waals surface area contributed by atoms with E-state index in [0.29, 0.717) is 27.8 Å². The smallest absolute Gasteiger partial charge is 0.324 e. The summed E-state index contributed by atoms with van der Waals surface area (Å²) in [5.41, 5.74) is 0.492. The number of nitrogens with zero attached hydrogens (tertiary/aromatic N) is 6. The number of hydrogen-bond acceptors (Lipinski definition) is 4. The third kappa shape index (κ3) is 2.12. The zero-order valence-electron chi connectivity index (χ0n) is 12.1. The molecule has 4 rings (SSSR count). The third-order valence-corrected chi connectivity index (χ3v) is 4.00. The summed E-state index contributed by atoms with van der Waals surface area (Å²) in [5.74, 6) is 0.347. The maximum absolute atomic E-state index is 12.8. The zero-order chi connectivity index (χ0) is 17.1. The van der Waals surface area contributed by atoms with E-state index < -0.39 is 11.9 Å². The van der Waals surface area contributed by atoms with Crippen molar-refractivity contribution >= 4 is 28.3 Å². The Morgan fingerprint density at radius 3 is 2.67 bits per heavy atom. The maximum atomic E-state index is 12.8. The molecule has 4 aromatic heterocycles. The van der Waals surface area contributed by atoms with Crippen LogP contribution in [0.5, 0.6) is 0 Å². The van der Waals surface area contributed by atoms with E-state index in [1.54, 1.807) is 28.4 Å². The van der Waals surface area contributed by atoms with Crippen molar-refractivity contribution in [1.29, 1.82) is 0 Å². The Kier molecular flexibility index (Phi) is 3.04. The van der Waals surface area contributed by atoms with E-state index in [4.69, 9.17) is 11.6 Å². The van der Waals surface area contributed by atoms with Gasteiger partial charge in [0.1, 0.15) is 16.5 Å². The second-order valence-electron chi connectivity index (χ2n) is 5.11. The molecule has 0 radical (unpaired) electrons. The predicted octanol–water partition coefficient (Wildman–Crippen LogP) is 3.35. The standard InChI is InChI=1S/C14H8ClF3N6/c1-23-8-5-20-9(14(16,17)18)4-7(8)21-13(23)11-12(15)24-3-2-19-6-10(24)22-11/h2-6H,1H3. The van der Waals surface area contributed by atoms with Gasteiger partial charge in [-0.15, -0.1) is 0 Å². The molecule has 0 aliphatic rings. The van der Waals surface area contributed by atoms with Gasteiger partial charge in [-0.05, 0) is 6.07 Å². The van der Waals surface area contributed by atoms with Crippen LogP contribution in [-0.4, -0.2) is 28.9 Å². The third-order valence-electron chi connectivity index (χ3n) is 3.64. The lowest BCUT2D eigenvalue weighted by Gasteiger charge is -2.04. The monoisotopic (exact) mass is 352 g/mol. The van der Waals surface area contributed by atoms with E-state index in [1.807, 2.05) is 0 Å². The molecule has 10 heteroatoms. The summed E-state index contributed by atoms with van der Waals surface area (Å²) in [6.45, 7) is 0. The van der Waals surface area contributed by atoms with Crippen LogP contribution in [0.1, 0.15) is 5.69 Å². The second-order valence-corrected chi connectivity index (χ2v) is 5.46. The minimum Gasteiger partial charge on any atom is -0.324 e. The highest BCUT2D eigenvalue weighted by molar-refractivity contribution is 6.32. The number of aryl methyl sites for hydroxylation is 1. The van der Waals surface area contributed by atoms with Gasteiger partial charge in [-0.25, -0.2) is 15.0 Å². The minimum atomic E-state index is -4.53. The molecule has 4 heterocycles. The first-order valence-electron chi connectivity index (χ1n) is 6.74. The number of fused-ring (bicyclic) bond motifs is 2. The minimum absolute atomic E-state index is 0.168. The van der Waals surface area contributed by atoms with E-state index in [9.17, 15) is 13.2 Å². The molecule has 0 fully saturated rings. The highest BCUT2D eigenvalue weighted by Gasteiger charge is 2.33. The van der Waals surface area contributed by atoms with E-state index >= 15 is 0 Å². The fourth-order valence-corrected chi connectivity index (χ4v) is 2.74. The van der Waals surface area contributed by atoms with Crippen molar-refractivity contribution in [3.05, 3.63) is 41.7 Å². The van der Waals surface area contributed by atoms with Crippen LogP contribution in [0.2, 0.25) is 5.15 Å². The predicted molar refractivity (Wildman–Crippen MR) is 80.5 cm³/mol. The van der Waals surface area contributed by atoms with Crippen molar-refractivity contribution in [3.8, 4) is 11.5 Å². The van der Waals surface area contributed by atoms with Gasteiger partial charge in [0.05, 0.1) is 23.4 Å². The van der Waals surface area contributed by atoms with Gasteiger partial charge in [0.25, 0.3) is 0 Å². The highest BCUT2D eigenvalue weighted by Crippen LogP contribution is 2.32. The van der Waals surface area contributed by atoms with Crippen LogP contribution in [0, 0.1) is 0 Å². The Balaban J connectivity index is 1.96. The first-order chi connectivity index (χ1) is 11.4. The number of imidazole rings is 2. The summed E-state index contributed by atoms with van der Waals surface area (Å²) in [4.78, 5) is 16.0. The SMILES string of the molecule is Cn1c(-c2nc3cnccn3c2Cl)nc2cc(C(F)(F)F)ncc21. The Labute approximate surface area is 137 Å². The lowest BCUT2D eigenvalue weighted by Crippen LogP contribution is -2.07. The van der Waals surface area contributed by atoms with Crippen molar-refractivity contribution in [1.82, 2.24) is 28.9 Å². The fraction of sp³-hybridized carbons (Fsp3) is 0.143. The maximum Gasteiger partial charge on any atom is 0.433 e. The molecule has 0 aliphatic heterocycles. The normalized spacial score (nSPS) is 12.4. The van der Waals surface area contributed by atoms with E-state index in [0.717, 1.165) is 12.3 Å². The topological polar surface area (TPSA) is 60.9 Å². The molecule has 24 heavy (non-hydrogen) atoms. The molecule has 6 nitrogen and oxygen atoms in total. The molecule has 0 spiro atoms. The number of pyridine rings is 1. The van der Waals surface area contributed by atoms with Gasteiger partial charge in [0.15, 0.2) is 11.5 Å². The van der Waals surface area contributed by atoms with Gasteiger partial charge < -0.3 is 4.57 Å². The van der Waals surface area contributed by atoms with Gasteiger partial charge in [-0.2, -0.15) is 13.2 Å². The zero-order valence-corrected chi connectivity index (χ0v) is 12.8. The average Bonchev–Trinajstić information content (AvgIpc) is 3.04. The van der Waals surface area contributed by atoms with Crippen LogP contribution in [0.3, 0.4) is 0 Å². The average molecular weight is 353 g/mol. The molecule has 0 bridgehead atoms. The van der Waals surface area contributed by atoms with E-state index in [-0.39, 0.29) is 5.52 Å². The molecular formula is C14H8ClF3N6. The summed E-state index contributed by atoms with van der Waals surface area (Å²) in [6, 6.07) is 0.907. The molecule has 0 N–H and O–H groups in total. The van der Waals surface area contributed by atoms with Crippen molar-refractivity contribution in [2.75, 3.05) is 0 Å². The molecule has 122 valence electrons. The van der Waals surface area contributed by atoms with Crippen LogP contribution in [0.25, 0.3) is 28.2 Å². The molecule has 0 aliphatic carbocycles. The van der Waals surface area contributed by atoms with Crippen LogP contribution in [0.4, 0.5) is 13.2 Å². The van der Waals surface area contributed by atoms with Gasteiger partial charge in [-0.3, -0.25) is 9.38 Å². The van der Waals surface area contributed by atoms with E-state index in [2.05, 4.69) is 19.9 Å². The van der Waals surface area contributed by atoms with Crippen LogP contribution < -0.4 is 0 Å². The Morgan fingerprint density at radius 2 is 1.96 bits per heavy atom. The molecule has 0 saturated carbocycles. The van der Waals surface area contributed by atoms with Crippen LogP contribution in [-0.2, 0) is 13.2 Å². The number of alkyl halides is 3. The largest absolute Gasteiger partial charge is 0.433 e. The van der Waals surface area contributed by atoms with Gasteiger partial charge in [0.2, 0.25) is 0 Å². The van der Waals surface area contributed by atoms with Crippen molar-refractivity contribution in [2.24, 2.45) is 7.05 Å². The van der Waals surface area contributed by atoms with Crippen LogP contribution in [0.15, 0.2) is 30.9 Å². The van der Waals surface area contributed by atoms with Crippen molar-refractivity contribution in [3.63, 3.8) is 0 Å². The summed E-state index contributed by atoms with van der Waals surface area (Å²) < 4.78 is 41.6. The molecule has 0 saturated heterocycles. The summed E-state index contributed by atoms with van der Waals surface area (Å²) >= 11 is 6.32. The number of rotatable bonds is 1. The lowest BCUT2D eigenvalue weighted by atomic mass is 10.3. The first kappa shape index (κ1) is 14.9. The number of halogens is 4. The van der Waals surface area contributed by atoms with Gasteiger partial charge >= 0.3 is 6.18 Å². The first-order valence-corrected chi connectivity index (χ1v) is 7.11. The number of hydrogen-bond donors (Lipinski definition) is 0. The van der Waals surface area contributed by atoms with Gasteiger partial charge in [-0.1, -0.05) is 11.6 Å². The fourth-order valence-electron chi connectivity index (χ4n) is 2.47. The lowest BCUT2D eigenvalue weighted by molar-refractivity contribution is -0.141. The van der Waals surface area contributed by atoms with Crippen LogP contribution >= 0.6 is 11.6 Å². The molecule has 0 amide bonds. The molecule has 4 aromatic rings. The van der Waals surface area contributed by atoms with Crippen molar-refractivity contribution < 1.29 is 13.2 Å².